The van der Waals surface area contributed by atoms with Crippen molar-refractivity contribution in [1.82, 2.24) is 0 Å². The van der Waals surface area contributed by atoms with E-state index in [1.807, 2.05) is 43.3 Å². The van der Waals surface area contributed by atoms with Crippen LogP contribution in [-0.4, -0.2) is 0 Å². The van der Waals surface area contributed by atoms with E-state index in [4.69, 9.17) is 0 Å². The molecule has 1 heteroatoms. The third-order valence-electron chi connectivity index (χ3n) is 7.22. The summed E-state index contributed by atoms with van der Waals surface area (Å²) in [6.45, 7) is 5.94. The Balaban J connectivity index is 1.37. The van der Waals surface area contributed by atoms with Gasteiger partial charge in [0.15, 0.2) is 0 Å². The number of fused-ring (bicyclic) bond motifs is 1. The molecule has 3 aromatic rings. The molecule has 0 unspecified atom stereocenters. The lowest BCUT2D eigenvalue weighted by Gasteiger charge is -2.26. The maximum Gasteiger partial charge on any atom is 0.134 e. The molecular formula is C33H35F. The van der Waals surface area contributed by atoms with Gasteiger partial charge < -0.3 is 0 Å². The van der Waals surface area contributed by atoms with E-state index in [-0.39, 0.29) is 5.82 Å². The highest BCUT2D eigenvalue weighted by molar-refractivity contribution is 5.85. The minimum atomic E-state index is -0.106. The number of hydrogen-bond acceptors (Lipinski definition) is 0. The first kappa shape index (κ1) is 24.0. The lowest BCUT2D eigenvalue weighted by molar-refractivity contribution is 0.296. The fraction of sp³-hybridized carbons (Fsp3) is 0.333. The number of aryl methyl sites for hydroxylation is 2. The van der Waals surface area contributed by atoms with Gasteiger partial charge in [-0.1, -0.05) is 60.4 Å². The average Bonchev–Trinajstić information content (AvgIpc) is 2.88. The molecule has 4 rings (SSSR count). The normalized spacial score (nSPS) is 18.1. The van der Waals surface area contributed by atoms with Crippen molar-refractivity contribution in [2.24, 2.45) is 11.8 Å². The second-order valence-electron chi connectivity index (χ2n) is 9.58. The summed E-state index contributed by atoms with van der Waals surface area (Å²) in [6, 6.07) is 18.3. The van der Waals surface area contributed by atoms with Crippen LogP contribution in [-0.2, 0) is 12.8 Å². The van der Waals surface area contributed by atoms with Crippen LogP contribution in [0, 0.1) is 29.5 Å². The van der Waals surface area contributed by atoms with Gasteiger partial charge in [0.1, 0.15) is 5.82 Å². The van der Waals surface area contributed by atoms with Crippen LogP contribution < -0.4 is 0 Å². The Kier molecular flexibility index (Phi) is 8.37. The minimum absolute atomic E-state index is 0.106. The predicted molar refractivity (Wildman–Crippen MR) is 143 cm³/mol. The summed E-state index contributed by atoms with van der Waals surface area (Å²) >= 11 is 0. The Morgan fingerprint density at radius 3 is 2.38 bits per heavy atom. The van der Waals surface area contributed by atoms with Crippen LogP contribution in [0.3, 0.4) is 0 Å². The Morgan fingerprint density at radius 1 is 0.912 bits per heavy atom. The molecule has 0 aromatic heterocycles. The highest BCUT2D eigenvalue weighted by atomic mass is 19.1. The Bertz CT molecular complexity index is 1200. The van der Waals surface area contributed by atoms with Crippen molar-refractivity contribution in [3.63, 3.8) is 0 Å². The fourth-order valence-electron chi connectivity index (χ4n) is 5.00. The Labute approximate surface area is 204 Å². The summed E-state index contributed by atoms with van der Waals surface area (Å²) in [5.41, 5.74) is 4.09. The quantitative estimate of drug-likeness (QED) is 0.249. The molecule has 0 N–H and O–H groups in total. The molecule has 3 aromatic carbocycles. The van der Waals surface area contributed by atoms with Gasteiger partial charge in [0.05, 0.1) is 0 Å². The molecule has 0 heterocycles. The van der Waals surface area contributed by atoms with Crippen LogP contribution in [0.25, 0.3) is 10.8 Å². The van der Waals surface area contributed by atoms with Crippen LogP contribution in [0.2, 0.25) is 0 Å². The van der Waals surface area contributed by atoms with E-state index in [2.05, 4.69) is 54.8 Å². The SMILES string of the molecule is C=CC1CCC(CCc2ccc(C#Cc3ccc4c(F)c(CC/C=C/C)ccc4c3)cc2)CC1. The Hall–Kier alpha value is -3.11. The predicted octanol–water partition coefficient (Wildman–Crippen LogP) is 8.81. The summed E-state index contributed by atoms with van der Waals surface area (Å²) in [6.07, 6.45) is 15.5. The first-order chi connectivity index (χ1) is 16.7. The van der Waals surface area contributed by atoms with Crippen LogP contribution in [0.4, 0.5) is 4.39 Å². The standard InChI is InChI=1S/C33H35F/c1-3-5-6-7-30-21-22-31-24-29(20-23-32(31)33(30)34)19-18-28-16-14-27(15-17-28)13-12-26-10-8-25(4-2)9-11-26/h3-5,14-17,20-26H,2,6-13H2,1H3/b5-3+. The lowest BCUT2D eigenvalue weighted by atomic mass is 9.79. The summed E-state index contributed by atoms with van der Waals surface area (Å²) in [5.74, 6) is 8.01. The van der Waals surface area contributed by atoms with E-state index in [1.54, 1.807) is 0 Å². The number of hydrogen-bond donors (Lipinski definition) is 0. The molecule has 1 fully saturated rings. The van der Waals surface area contributed by atoms with Gasteiger partial charge >= 0.3 is 0 Å². The van der Waals surface area contributed by atoms with E-state index in [0.29, 0.717) is 5.39 Å². The maximum absolute atomic E-state index is 14.9. The topological polar surface area (TPSA) is 0 Å². The number of allylic oxidation sites excluding steroid dienone is 3. The van der Waals surface area contributed by atoms with Gasteiger partial charge in [-0.2, -0.15) is 0 Å². The van der Waals surface area contributed by atoms with Gasteiger partial charge in [-0.25, -0.2) is 4.39 Å². The van der Waals surface area contributed by atoms with Gasteiger partial charge in [-0.3, -0.25) is 0 Å². The van der Waals surface area contributed by atoms with Crippen molar-refractivity contribution in [3.8, 4) is 11.8 Å². The van der Waals surface area contributed by atoms with E-state index >= 15 is 0 Å². The van der Waals surface area contributed by atoms with Crippen molar-refractivity contribution >= 4 is 10.8 Å². The van der Waals surface area contributed by atoms with E-state index in [1.165, 1.54) is 37.7 Å². The molecule has 1 aliphatic carbocycles. The van der Waals surface area contributed by atoms with Crippen LogP contribution in [0.5, 0.6) is 0 Å². The van der Waals surface area contributed by atoms with Crippen molar-refractivity contribution in [2.75, 3.05) is 0 Å². The van der Waals surface area contributed by atoms with Crippen LogP contribution >= 0.6 is 0 Å². The minimum Gasteiger partial charge on any atom is -0.206 e. The number of benzene rings is 3. The fourth-order valence-corrected chi connectivity index (χ4v) is 5.00. The zero-order chi connectivity index (χ0) is 23.8. The molecule has 1 saturated carbocycles. The molecule has 0 bridgehead atoms. The number of halogens is 1. The highest BCUT2D eigenvalue weighted by Crippen LogP contribution is 2.32. The molecule has 34 heavy (non-hydrogen) atoms. The molecule has 1 aliphatic rings. The Morgan fingerprint density at radius 2 is 1.65 bits per heavy atom. The highest BCUT2D eigenvalue weighted by Gasteiger charge is 2.18. The average molecular weight is 451 g/mol. The van der Waals surface area contributed by atoms with Crippen molar-refractivity contribution in [2.45, 2.75) is 58.3 Å². The van der Waals surface area contributed by atoms with Crippen molar-refractivity contribution in [1.29, 1.82) is 0 Å². The van der Waals surface area contributed by atoms with Crippen LogP contribution in [0.15, 0.2) is 79.4 Å². The molecule has 0 atom stereocenters. The van der Waals surface area contributed by atoms with Crippen molar-refractivity contribution in [3.05, 3.63) is 107 Å². The first-order valence-corrected chi connectivity index (χ1v) is 12.7. The van der Waals surface area contributed by atoms with Crippen LogP contribution in [0.1, 0.15) is 67.7 Å². The van der Waals surface area contributed by atoms with Gasteiger partial charge in [-0.05, 0) is 111 Å². The van der Waals surface area contributed by atoms with Gasteiger partial charge in [0.2, 0.25) is 0 Å². The van der Waals surface area contributed by atoms with E-state index < -0.39 is 0 Å². The molecule has 0 saturated heterocycles. The molecule has 0 aliphatic heterocycles. The smallest absolute Gasteiger partial charge is 0.134 e. The molecule has 174 valence electrons. The third kappa shape index (κ3) is 6.27. The zero-order valence-corrected chi connectivity index (χ0v) is 20.3. The molecule has 0 spiro atoms. The van der Waals surface area contributed by atoms with Gasteiger partial charge in [0, 0.05) is 16.5 Å². The van der Waals surface area contributed by atoms with Crippen molar-refractivity contribution < 1.29 is 4.39 Å². The van der Waals surface area contributed by atoms with Gasteiger partial charge in [-0.15, -0.1) is 6.58 Å². The zero-order valence-electron chi connectivity index (χ0n) is 20.3. The first-order valence-electron chi connectivity index (χ1n) is 12.7. The van der Waals surface area contributed by atoms with Gasteiger partial charge in [0.25, 0.3) is 0 Å². The molecule has 0 nitrogen and oxygen atoms in total. The van der Waals surface area contributed by atoms with E-state index in [0.717, 1.165) is 53.2 Å². The lowest BCUT2D eigenvalue weighted by Crippen LogP contribution is -2.13. The maximum atomic E-state index is 14.9. The number of rotatable bonds is 7. The molecular weight excluding hydrogens is 415 g/mol. The summed E-state index contributed by atoms with van der Waals surface area (Å²) in [4.78, 5) is 0. The third-order valence-corrected chi connectivity index (χ3v) is 7.22. The second kappa shape index (κ2) is 11.8. The molecule has 0 amide bonds. The molecule has 0 radical (unpaired) electrons. The monoisotopic (exact) mass is 450 g/mol. The summed E-state index contributed by atoms with van der Waals surface area (Å²) in [5, 5.41) is 1.57. The summed E-state index contributed by atoms with van der Waals surface area (Å²) < 4.78 is 14.9. The van der Waals surface area contributed by atoms with E-state index in [9.17, 15) is 4.39 Å². The second-order valence-corrected chi connectivity index (χ2v) is 9.58. The largest absolute Gasteiger partial charge is 0.206 e. The summed E-state index contributed by atoms with van der Waals surface area (Å²) in [7, 11) is 0.